The predicted octanol–water partition coefficient (Wildman–Crippen LogP) is 3.22. The Morgan fingerprint density at radius 1 is 1.50 bits per heavy atom. The van der Waals surface area contributed by atoms with Crippen molar-refractivity contribution in [2.24, 2.45) is 10.7 Å². The first kappa shape index (κ1) is 21.5. The molecule has 0 saturated carbocycles. The van der Waals surface area contributed by atoms with Gasteiger partial charge >= 0.3 is 0 Å². The molecule has 1 aromatic rings. The van der Waals surface area contributed by atoms with Crippen LogP contribution < -0.4 is 15.8 Å². The summed E-state index contributed by atoms with van der Waals surface area (Å²) in [6.07, 6.45) is 2.47. The lowest BCUT2D eigenvalue weighted by Crippen LogP contribution is -2.43. The van der Waals surface area contributed by atoms with Gasteiger partial charge in [-0.3, -0.25) is 4.90 Å². The zero-order chi connectivity index (χ0) is 16.7. The number of hydrogen-bond acceptors (Lipinski definition) is 3. The van der Waals surface area contributed by atoms with Crippen LogP contribution in [0.1, 0.15) is 26.7 Å². The van der Waals surface area contributed by atoms with Gasteiger partial charge in [0.1, 0.15) is 11.9 Å². The molecule has 1 fully saturated rings. The van der Waals surface area contributed by atoms with Gasteiger partial charge in [-0.15, -0.1) is 24.0 Å². The minimum absolute atomic E-state index is 0. The third-order valence-electron chi connectivity index (χ3n) is 4.11. The third-order valence-corrected chi connectivity index (χ3v) is 4.76. The second-order valence-corrected chi connectivity index (χ2v) is 6.74. The van der Waals surface area contributed by atoms with Gasteiger partial charge in [-0.25, -0.2) is 4.99 Å². The molecule has 0 aliphatic carbocycles. The summed E-state index contributed by atoms with van der Waals surface area (Å²) in [5.41, 5.74) is 5.97. The molecule has 1 saturated heterocycles. The van der Waals surface area contributed by atoms with Crippen molar-refractivity contribution in [3.63, 3.8) is 0 Å². The van der Waals surface area contributed by atoms with Crippen molar-refractivity contribution in [2.75, 3.05) is 26.2 Å². The molecular weight excluding hydrogens is 483 g/mol. The number of guanidine groups is 1. The van der Waals surface area contributed by atoms with Crippen molar-refractivity contribution in [1.29, 1.82) is 0 Å². The lowest BCUT2D eigenvalue weighted by atomic mass is 10.2. The summed E-state index contributed by atoms with van der Waals surface area (Å²) in [6.45, 7) is 7.88. The van der Waals surface area contributed by atoms with Gasteiger partial charge in [-0.2, -0.15) is 0 Å². The maximum atomic E-state index is 5.97. The van der Waals surface area contributed by atoms with E-state index in [2.05, 4.69) is 38.1 Å². The smallest absolute Gasteiger partial charge is 0.188 e. The van der Waals surface area contributed by atoms with E-state index in [1.807, 2.05) is 31.2 Å². The van der Waals surface area contributed by atoms with Crippen molar-refractivity contribution >= 4 is 45.9 Å². The van der Waals surface area contributed by atoms with Gasteiger partial charge in [0.15, 0.2) is 5.96 Å². The van der Waals surface area contributed by atoms with E-state index in [0.717, 1.165) is 23.3 Å². The Labute approximate surface area is 170 Å². The molecule has 2 atom stereocenters. The summed E-state index contributed by atoms with van der Waals surface area (Å²) >= 11 is 3.48. The van der Waals surface area contributed by atoms with E-state index in [9.17, 15) is 0 Å². The van der Waals surface area contributed by atoms with Crippen LogP contribution in [0.3, 0.4) is 0 Å². The fraction of sp³-hybridized carbons (Fsp3) is 0.588. The summed E-state index contributed by atoms with van der Waals surface area (Å²) in [5, 5.41) is 3.24. The van der Waals surface area contributed by atoms with Crippen LogP contribution in [-0.4, -0.2) is 49.2 Å². The van der Waals surface area contributed by atoms with Gasteiger partial charge in [0, 0.05) is 12.6 Å². The van der Waals surface area contributed by atoms with Gasteiger partial charge in [0.2, 0.25) is 0 Å². The van der Waals surface area contributed by atoms with Crippen LogP contribution in [0.15, 0.2) is 33.7 Å². The average molecular weight is 511 g/mol. The summed E-state index contributed by atoms with van der Waals surface area (Å²) in [7, 11) is 0. The number of aliphatic imine (C=N–C) groups is 1. The monoisotopic (exact) mass is 510 g/mol. The summed E-state index contributed by atoms with van der Waals surface area (Å²) in [4.78, 5) is 6.87. The van der Waals surface area contributed by atoms with Gasteiger partial charge in [-0.05, 0) is 60.9 Å². The maximum absolute atomic E-state index is 5.97. The maximum Gasteiger partial charge on any atom is 0.188 e. The Morgan fingerprint density at radius 3 is 2.96 bits per heavy atom. The predicted molar refractivity (Wildman–Crippen MR) is 114 cm³/mol. The third kappa shape index (κ3) is 6.76. The second kappa shape index (κ2) is 11.1. The summed E-state index contributed by atoms with van der Waals surface area (Å²) in [5.74, 6) is 1.32. The highest BCUT2D eigenvalue weighted by atomic mass is 127. The SMILES string of the molecule is CCN1CCCC1CNC(N)=NCC(C)Oc1ccccc1Br.I. The molecule has 0 aromatic heterocycles. The molecule has 1 aliphatic rings. The number of rotatable bonds is 7. The first-order valence-corrected chi connectivity index (χ1v) is 9.08. The lowest BCUT2D eigenvalue weighted by molar-refractivity contribution is 0.228. The standard InChI is InChI=1S/C17H27BrN4O.HI/c1-3-22-10-6-7-14(22)12-21-17(19)20-11-13(2)23-16-9-5-4-8-15(16)18;/h4-5,8-9,13-14H,3,6-7,10-12H2,1-2H3,(H3,19,20,21);1H. The van der Waals surface area contributed by atoms with Crippen LogP contribution in [0.5, 0.6) is 5.75 Å². The average Bonchev–Trinajstić information content (AvgIpc) is 3.00. The Kier molecular flexibility index (Phi) is 9.99. The summed E-state index contributed by atoms with van der Waals surface area (Å²) in [6, 6.07) is 8.38. The summed E-state index contributed by atoms with van der Waals surface area (Å²) < 4.78 is 6.81. The number of likely N-dealkylation sites (tertiary alicyclic amines) is 1. The van der Waals surface area contributed by atoms with Crippen molar-refractivity contribution < 1.29 is 4.74 Å². The molecule has 0 radical (unpaired) electrons. The normalized spacial score (nSPS) is 19.6. The van der Waals surface area contributed by atoms with E-state index < -0.39 is 0 Å². The van der Waals surface area contributed by atoms with Crippen molar-refractivity contribution in [1.82, 2.24) is 10.2 Å². The minimum Gasteiger partial charge on any atom is -0.488 e. The van der Waals surface area contributed by atoms with E-state index in [4.69, 9.17) is 10.5 Å². The number of hydrogen-bond donors (Lipinski definition) is 2. The molecule has 2 rings (SSSR count). The molecule has 5 nitrogen and oxygen atoms in total. The van der Waals surface area contributed by atoms with Crippen LogP contribution in [0, 0.1) is 0 Å². The highest BCUT2D eigenvalue weighted by molar-refractivity contribution is 14.0. The van der Waals surface area contributed by atoms with Crippen molar-refractivity contribution in [3.8, 4) is 5.75 Å². The topological polar surface area (TPSA) is 62.9 Å². The highest BCUT2D eigenvalue weighted by Crippen LogP contribution is 2.24. The number of likely N-dealkylation sites (N-methyl/N-ethyl adjacent to an activating group) is 1. The fourth-order valence-electron chi connectivity index (χ4n) is 2.84. The van der Waals surface area contributed by atoms with E-state index in [1.165, 1.54) is 19.4 Å². The van der Waals surface area contributed by atoms with Crippen LogP contribution >= 0.6 is 39.9 Å². The Hall–Kier alpha value is -0.540. The number of nitrogens with two attached hydrogens (primary N) is 1. The first-order valence-electron chi connectivity index (χ1n) is 8.29. The quantitative estimate of drug-likeness (QED) is 0.336. The van der Waals surface area contributed by atoms with Crippen LogP contribution in [0.25, 0.3) is 0 Å². The molecule has 1 aliphatic heterocycles. The molecular formula is C17H28BrIN4O. The molecule has 0 spiro atoms. The molecule has 1 aromatic carbocycles. The molecule has 2 unspecified atom stereocenters. The fourth-order valence-corrected chi connectivity index (χ4v) is 3.22. The van der Waals surface area contributed by atoms with E-state index in [1.54, 1.807) is 0 Å². The van der Waals surface area contributed by atoms with Gasteiger partial charge in [0.25, 0.3) is 0 Å². The second-order valence-electron chi connectivity index (χ2n) is 5.89. The molecule has 1 heterocycles. The van der Waals surface area contributed by atoms with Crippen LogP contribution in [-0.2, 0) is 0 Å². The minimum atomic E-state index is -0.0346. The van der Waals surface area contributed by atoms with Crippen molar-refractivity contribution in [2.45, 2.75) is 38.8 Å². The highest BCUT2D eigenvalue weighted by Gasteiger charge is 2.22. The number of nitrogens with zero attached hydrogens (tertiary/aromatic N) is 2. The Bertz CT molecular complexity index is 529. The van der Waals surface area contributed by atoms with E-state index >= 15 is 0 Å². The Morgan fingerprint density at radius 2 is 2.25 bits per heavy atom. The van der Waals surface area contributed by atoms with E-state index in [0.29, 0.717) is 18.5 Å². The van der Waals surface area contributed by atoms with Crippen LogP contribution in [0.4, 0.5) is 0 Å². The van der Waals surface area contributed by atoms with Crippen LogP contribution in [0.2, 0.25) is 0 Å². The van der Waals surface area contributed by atoms with Crippen molar-refractivity contribution in [3.05, 3.63) is 28.7 Å². The van der Waals surface area contributed by atoms with Gasteiger partial charge < -0.3 is 15.8 Å². The number of nitrogens with one attached hydrogen (secondary N) is 1. The lowest BCUT2D eigenvalue weighted by Gasteiger charge is -2.23. The molecule has 24 heavy (non-hydrogen) atoms. The number of ether oxygens (including phenoxy) is 1. The molecule has 3 N–H and O–H groups in total. The molecule has 0 amide bonds. The Balaban J connectivity index is 0.00000288. The largest absolute Gasteiger partial charge is 0.488 e. The molecule has 136 valence electrons. The number of para-hydroxylation sites is 1. The zero-order valence-electron chi connectivity index (χ0n) is 14.4. The zero-order valence-corrected chi connectivity index (χ0v) is 18.3. The van der Waals surface area contributed by atoms with E-state index in [-0.39, 0.29) is 30.1 Å². The molecule has 0 bridgehead atoms. The molecule has 7 heteroatoms. The van der Waals surface area contributed by atoms with Gasteiger partial charge in [-0.1, -0.05) is 19.1 Å². The number of benzene rings is 1. The number of halogens is 2. The first-order chi connectivity index (χ1) is 11.1. The van der Waals surface area contributed by atoms with Gasteiger partial charge in [0.05, 0.1) is 11.0 Å².